The minimum Gasteiger partial charge on any atom is -0.314 e. The second-order valence-electron chi connectivity index (χ2n) is 5.72. The van der Waals surface area contributed by atoms with Crippen LogP contribution in [-0.2, 0) is 12.8 Å². The summed E-state index contributed by atoms with van der Waals surface area (Å²) in [5.41, 5.74) is 3.92. The maximum Gasteiger partial charge on any atom is 0.0482 e. The van der Waals surface area contributed by atoms with E-state index in [-0.39, 0.29) is 0 Å². The Morgan fingerprint density at radius 2 is 2.10 bits per heavy atom. The van der Waals surface area contributed by atoms with Crippen molar-refractivity contribution in [2.45, 2.75) is 44.6 Å². The standard InChI is InChI=1S/C18H23N3/c1-2-19-17(11-9-15-7-3-4-12-20-15)16-10-8-14-6-5-13-21-18(14)16/h3-7,12-13,16-17,19H,2,8-11H2,1H3. The van der Waals surface area contributed by atoms with Crippen molar-refractivity contribution in [3.63, 3.8) is 0 Å². The molecule has 110 valence electrons. The molecule has 0 amide bonds. The number of aryl methyl sites for hydroxylation is 2. The van der Waals surface area contributed by atoms with Crippen LogP contribution >= 0.6 is 0 Å². The van der Waals surface area contributed by atoms with E-state index in [4.69, 9.17) is 0 Å². The molecular weight excluding hydrogens is 258 g/mol. The molecule has 0 radical (unpaired) electrons. The van der Waals surface area contributed by atoms with Gasteiger partial charge in [-0.2, -0.15) is 0 Å². The highest BCUT2D eigenvalue weighted by Crippen LogP contribution is 2.35. The highest BCUT2D eigenvalue weighted by molar-refractivity contribution is 5.30. The number of nitrogens with one attached hydrogen (secondary N) is 1. The molecule has 3 heteroatoms. The second kappa shape index (κ2) is 6.81. The average Bonchev–Trinajstić information content (AvgIpc) is 2.96. The normalized spacial score (nSPS) is 18.4. The lowest BCUT2D eigenvalue weighted by atomic mass is 9.92. The maximum absolute atomic E-state index is 4.64. The Morgan fingerprint density at radius 1 is 1.19 bits per heavy atom. The van der Waals surface area contributed by atoms with Crippen molar-refractivity contribution in [3.05, 3.63) is 59.7 Å². The molecule has 1 N–H and O–H groups in total. The van der Waals surface area contributed by atoms with E-state index < -0.39 is 0 Å². The Labute approximate surface area is 126 Å². The van der Waals surface area contributed by atoms with Gasteiger partial charge in [-0.1, -0.05) is 19.1 Å². The van der Waals surface area contributed by atoms with Crippen LogP contribution in [0, 0.1) is 0 Å². The Morgan fingerprint density at radius 3 is 2.90 bits per heavy atom. The Bertz CT molecular complexity index is 568. The van der Waals surface area contributed by atoms with Crippen LogP contribution in [0.1, 0.15) is 42.6 Å². The van der Waals surface area contributed by atoms with Crippen LogP contribution in [-0.4, -0.2) is 22.6 Å². The summed E-state index contributed by atoms with van der Waals surface area (Å²) in [6.07, 6.45) is 8.33. The molecule has 21 heavy (non-hydrogen) atoms. The Kier molecular flexibility index (Phi) is 4.61. The van der Waals surface area contributed by atoms with Gasteiger partial charge in [0.2, 0.25) is 0 Å². The fraction of sp³-hybridized carbons (Fsp3) is 0.444. The number of nitrogens with zero attached hydrogens (tertiary/aromatic N) is 2. The van der Waals surface area contributed by atoms with Crippen molar-refractivity contribution in [3.8, 4) is 0 Å². The van der Waals surface area contributed by atoms with Gasteiger partial charge in [-0.15, -0.1) is 0 Å². The van der Waals surface area contributed by atoms with Gasteiger partial charge in [0.15, 0.2) is 0 Å². The third-order valence-corrected chi connectivity index (χ3v) is 4.39. The number of rotatable bonds is 6. The maximum atomic E-state index is 4.64. The van der Waals surface area contributed by atoms with Crippen LogP contribution in [0.15, 0.2) is 42.7 Å². The summed E-state index contributed by atoms with van der Waals surface area (Å²) in [5, 5.41) is 3.67. The monoisotopic (exact) mass is 281 g/mol. The van der Waals surface area contributed by atoms with Gasteiger partial charge >= 0.3 is 0 Å². The van der Waals surface area contributed by atoms with E-state index >= 15 is 0 Å². The first-order valence-corrected chi connectivity index (χ1v) is 7.95. The number of aromatic nitrogens is 2. The van der Waals surface area contributed by atoms with Gasteiger partial charge in [0, 0.05) is 35.7 Å². The van der Waals surface area contributed by atoms with Gasteiger partial charge in [0.05, 0.1) is 0 Å². The van der Waals surface area contributed by atoms with E-state index in [1.165, 1.54) is 29.8 Å². The molecule has 0 spiro atoms. The fourth-order valence-electron chi connectivity index (χ4n) is 3.39. The summed E-state index contributed by atoms with van der Waals surface area (Å²) in [7, 11) is 0. The number of likely N-dealkylation sites (N-methyl/N-ethyl adjacent to an activating group) is 1. The highest BCUT2D eigenvalue weighted by Gasteiger charge is 2.30. The topological polar surface area (TPSA) is 37.8 Å². The van der Waals surface area contributed by atoms with Crippen LogP contribution in [0.3, 0.4) is 0 Å². The lowest BCUT2D eigenvalue weighted by molar-refractivity contribution is 0.407. The molecule has 0 bridgehead atoms. The molecule has 2 aromatic heterocycles. The zero-order valence-electron chi connectivity index (χ0n) is 12.6. The van der Waals surface area contributed by atoms with E-state index in [0.717, 1.165) is 19.4 Å². The molecule has 3 rings (SSSR count). The number of fused-ring (bicyclic) bond motifs is 1. The van der Waals surface area contributed by atoms with E-state index in [2.05, 4.69) is 46.5 Å². The van der Waals surface area contributed by atoms with E-state index in [1.807, 2.05) is 18.5 Å². The molecule has 3 nitrogen and oxygen atoms in total. The fourth-order valence-corrected chi connectivity index (χ4v) is 3.39. The van der Waals surface area contributed by atoms with Gasteiger partial charge in [0.25, 0.3) is 0 Å². The molecular formula is C18H23N3. The molecule has 1 aliphatic rings. The first-order valence-electron chi connectivity index (χ1n) is 7.95. The molecule has 2 atom stereocenters. The minimum absolute atomic E-state index is 0.494. The van der Waals surface area contributed by atoms with Crippen LogP contribution < -0.4 is 5.32 Å². The molecule has 2 heterocycles. The molecule has 1 aliphatic carbocycles. The van der Waals surface area contributed by atoms with Crippen molar-refractivity contribution >= 4 is 0 Å². The lowest BCUT2D eigenvalue weighted by Crippen LogP contribution is -2.35. The summed E-state index contributed by atoms with van der Waals surface area (Å²) in [6.45, 7) is 3.19. The second-order valence-corrected chi connectivity index (χ2v) is 5.72. The summed E-state index contributed by atoms with van der Waals surface area (Å²) in [6, 6.07) is 10.9. The van der Waals surface area contributed by atoms with Gasteiger partial charge in [0.1, 0.15) is 0 Å². The van der Waals surface area contributed by atoms with Crippen LogP contribution in [0.25, 0.3) is 0 Å². The zero-order chi connectivity index (χ0) is 14.5. The van der Waals surface area contributed by atoms with Gasteiger partial charge in [-0.3, -0.25) is 9.97 Å². The number of pyridine rings is 2. The SMILES string of the molecule is CCNC(CCc1ccccn1)C1CCc2cccnc21. The number of hydrogen-bond acceptors (Lipinski definition) is 3. The molecule has 0 fully saturated rings. The smallest absolute Gasteiger partial charge is 0.0482 e. The Hall–Kier alpha value is -1.74. The highest BCUT2D eigenvalue weighted by atomic mass is 14.9. The van der Waals surface area contributed by atoms with Crippen molar-refractivity contribution in [2.24, 2.45) is 0 Å². The first kappa shape index (κ1) is 14.2. The van der Waals surface area contributed by atoms with E-state index in [1.54, 1.807) is 0 Å². The third-order valence-electron chi connectivity index (χ3n) is 4.39. The lowest BCUT2D eigenvalue weighted by Gasteiger charge is -2.24. The predicted molar refractivity (Wildman–Crippen MR) is 85.3 cm³/mol. The van der Waals surface area contributed by atoms with Crippen molar-refractivity contribution < 1.29 is 0 Å². The summed E-state index contributed by atoms with van der Waals surface area (Å²) < 4.78 is 0. The van der Waals surface area contributed by atoms with E-state index in [0.29, 0.717) is 12.0 Å². The average molecular weight is 281 g/mol. The Balaban J connectivity index is 1.70. The molecule has 2 aromatic rings. The first-order chi connectivity index (χ1) is 10.4. The molecule has 0 aliphatic heterocycles. The minimum atomic E-state index is 0.494. The summed E-state index contributed by atoms with van der Waals surface area (Å²) in [5.74, 6) is 0.546. The van der Waals surface area contributed by atoms with Crippen molar-refractivity contribution in [2.75, 3.05) is 6.54 Å². The van der Waals surface area contributed by atoms with Crippen molar-refractivity contribution in [1.29, 1.82) is 0 Å². The quantitative estimate of drug-likeness (QED) is 0.884. The predicted octanol–water partition coefficient (Wildman–Crippen LogP) is 3.12. The third kappa shape index (κ3) is 3.30. The molecule has 0 aromatic carbocycles. The largest absolute Gasteiger partial charge is 0.314 e. The van der Waals surface area contributed by atoms with Gasteiger partial charge in [-0.25, -0.2) is 0 Å². The van der Waals surface area contributed by atoms with Crippen molar-refractivity contribution in [1.82, 2.24) is 15.3 Å². The van der Waals surface area contributed by atoms with Gasteiger partial charge < -0.3 is 5.32 Å². The van der Waals surface area contributed by atoms with E-state index in [9.17, 15) is 0 Å². The van der Waals surface area contributed by atoms with Gasteiger partial charge in [-0.05, 0) is 56.0 Å². The molecule has 0 saturated carbocycles. The van der Waals surface area contributed by atoms with Crippen LogP contribution in [0.4, 0.5) is 0 Å². The number of hydrogen-bond donors (Lipinski definition) is 1. The zero-order valence-corrected chi connectivity index (χ0v) is 12.6. The molecule has 0 saturated heterocycles. The molecule has 2 unspecified atom stereocenters. The van der Waals surface area contributed by atoms with Crippen LogP contribution in [0.5, 0.6) is 0 Å². The van der Waals surface area contributed by atoms with Crippen LogP contribution in [0.2, 0.25) is 0 Å². The summed E-state index contributed by atoms with van der Waals surface area (Å²) in [4.78, 5) is 9.08. The summed E-state index contributed by atoms with van der Waals surface area (Å²) >= 11 is 0.